The first-order chi connectivity index (χ1) is 9.89. The van der Waals surface area contributed by atoms with Crippen LogP contribution in [-0.2, 0) is 10.0 Å². The lowest BCUT2D eigenvalue weighted by Crippen LogP contribution is -2.15. The van der Waals surface area contributed by atoms with Gasteiger partial charge in [0.1, 0.15) is 16.4 Å². The number of ether oxygens (including phenoxy) is 2. The Morgan fingerprint density at radius 2 is 2.00 bits per heavy atom. The van der Waals surface area contributed by atoms with Crippen molar-refractivity contribution in [2.24, 2.45) is 0 Å². The molecule has 0 fully saturated rings. The second-order valence-corrected chi connectivity index (χ2v) is 6.58. The number of aromatic nitrogens is 2. The summed E-state index contributed by atoms with van der Waals surface area (Å²) >= 11 is 3.26. The van der Waals surface area contributed by atoms with Gasteiger partial charge in [0.15, 0.2) is 5.82 Å². The molecule has 0 amide bonds. The lowest BCUT2D eigenvalue weighted by molar-refractivity contribution is 0.392. The van der Waals surface area contributed by atoms with Crippen molar-refractivity contribution in [3.8, 4) is 11.5 Å². The molecule has 21 heavy (non-hydrogen) atoms. The van der Waals surface area contributed by atoms with E-state index in [0.717, 1.165) is 0 Å². The van der Waals surface area contributed by atoms with Crippen molar-refractivity contribution < 1.29 is 17.9 Å². The van der Waals surface area contributed by atoms with E-state index in [0.29, 0.717) is 15.9 Å². The Bertz CT molecular complexity index is 758. The molecule has 1 aromatic heterocycles. The average molecular weight is 376 g/mol. The van der Waals surface area contributed by atoms with E-state index in [2.05, 4.69) is 30.8 Å². The standard InChI is InChI=1S/C12H14BrN3O4S/c1-7-11(13)12(15-14-7)16-21(17,18)10-6-8(19-2)4-5-9(10)20-3/h4-6H,1-3H3,(H2,14,15,16). The predicted molar refractivity (Wildman–Crippen MR) is 81.4 cm³/mol. The molecule has 0 aliphatic carbocycles. The second-order valence-electron chi connectivity index (χ2n) is 4.13. The summed E-state index contributed by atoms with van der Waals surface area (Å²) in [4.78, 5) is -0.0306. The number of rotatable bonds is 5. The molecular weight excluding hydrogens is 362 g/mol. The summed E-state index contributed by atoms with van der Waals surface area (Å²) in [6.07, 6.45) is 0. The molecule has 2 aromatic rings. The Morgan fingerprint density at radius 3 is 2.52 bits per heavy atom. The van der Waals surface area contributed by atoms with Crippen molar-refractivity contribution in [2.45, 2.75) is 11.8 Å². The zero-order chi connectivity index (χ0) is 15.6. The number of sulfonamides is 1. The zero-order valence-electron chi connectivity index (χ0n) is 11.6. The third kappa shape index (κ3) is 3.13. The number of nitrogens with zero attached hydrogens (tertiary/aromatic N) is 1. The molecule has 0 saturated heterocycles. The summed E-state index contributed by atoms with van der Waals surface area (Å²) in [5, 5.41) is 6.57. The lowest BCUT2D eigenvalue weighted by Gasteiger charge is -2.11. The van der Waals surface area contributed by atoms with E-state index in [9.17, 15) is 8.42 Å². The minimum absolute atomic E-state index is 0.0306. The van der Waals surface area contributed by atoms with Gasteiger partial charge in [-0.2, -0.15) is 5.10 Å². The van der Waals surface area contributed by atoms with Crippen molar-refractivity contribution in [1.29, 1.82) is 0 Å². The summed E-state index contributed by atoms with van der Waals surface area (Å²) in [5.74, 6) is 0.803. The minimum Gasteiger partial charge on any atom is -0.497 e. The van der Waals surface area contributed by atoms with Crippen LogP contribution in [0.5, 0.6) is 11.5 Å². The monoisotopic (exact) mass is 375 g/mol. The summed E-state index contributed by atoms with van der Waals surface area (Å²) in [6, 6.07) is 4.53. The third-order valence-corrected chi connectivity index (χ3v) is 5.09. The number of anilines is 1. The Labute approximate surface area is 130 Å². The topological polar surface area (TPSA) is 93.3 Å². The molecule has 1 aromatic carbocycles. The van der Waals surface area contributed by atoms with Gasteiger partial charge in [-0.3, -0.25) is 9.82 Å². The highest BCUT2D eigenvalue weighted by Gasteiger charge is 2.23. The van der Waals surface area contributed by atoms with Gasteiger partial charge in [-0.25, -0.2) is 8.42 Å². The lowest BCUT2D eigenvalue weighted by atomic mass is 10.3. The minimum atomic E-state index is -3.87. The number of aromatic amines is 1. The first-order valence-electron chi connectivity index (χ1n) is 5.84. The van der Waals surface area contributed by atoms with Crippen LogP contribution in [0, 0.1) is 6.92 Å². The second kappa shape index (κ2) is 5.94. The fraction of sp³-hybridized carbons (Fsp3) is 0.250. The maximum absolute atomic E-state index is 12.5. The molecule has 0 aliphatic heterocycles. The van der Waals surface area contributed by atoms with E-state index in [-0.39, 0.29) is 16.5 Å². The number of nitrogens with one attached hydrogen (secondary N) is 2. The molecule has 114 valence electrons. The van der Waals surface area contributed by atoms with E-state index in [1.807, 2.05) is 0 Å². The molecule has 1 heterocycles. The highest BCUT2D eigenvalue weighted by molar-refractivity contribution is 9.10. The normalized spacial score (nSPS) is 11.2. The summed E-state index contributed by atoms with van der Waals surface area (Å²) in [5.41, 5.74) is 0.713. The molecule has 0 aliphatic rings. The number of halogens is 1. The molecule has 0 atom stereocenters. The Morgan fingerprint density at radius 1 is 1.29 bits per heavy atom. The van der Waals surface area contributed by atoms with Crippen molar-refractivity contribution in [3.63, 3.8) is 0 Å². The van der Waals surface area contributed by atoms with Crippen LogP contribution in [0.1, 0.15) is 5.69 Å². The van der Waals surface area contributed by atoms with Crippen molar-refractivity contribution >= 4 is 31.8 Å². The molecule has 2 rings (SSSR count). The van der Waals surface area contributed by atoms with Gasteiger partial charge in [0, 0.05) is 11.8 Å². The molecule has 9 heteroatoms. The van der Waals surface area contributed by atoms with Crippen LogP contribution in [-0.4, -0.2) is 32.8 Å². The summed E-state index contributed by atoms with van der Waals surface area (Å²) < 4.78 is 38.1. The van der Waals surface area contributed by atoms with Gasteiger partial charge in [-0.05, 0) is 35.0 Å². The molecule has 0 saturated carbocycles. The Kier molecular flexibility index (Phi) is 4.43. The van der Waals surface area contributed by atoms with Gasteiger partial charge in [-0.1, -0.05) is 0 Å². The van der Waals surface area contributed by atoms with Crippen LogP contribution in [0.15, 0.2) is 27.6 Å². The third-order valence-electron chi connectivity index (χ3n) is 2.76. The number of hydrogen-bond acceptors (Lipinski definition) is 5. The molecule has 2 N–H and O–H groups in total. The van der Waals surface area contributed by atoms with E-state index in [1.54, 1.807) is 13.0 Å². The highest BCUT2D eigenvalue weighted by Crippen LogP contribution is 2.31. The number of H-pyrrole nitrogens is 1. The molecular formula is C12H14BrN3O4S. The van der Waals surface area contributed by atoms with Crippen LogP contribution in [0.2, 0.25) is 0 Å². The van der Waals surface area contributed by atoms with Gasteiger partial charge < -0.3 is 9.47 Å². The van der Waals surface area contributed by atoms with Crippen LogP contribution >= 0.6 is 15.9 Å². The van der Waals surface area contributed by atoms with E-state index in [1.165, 1.54) is 26.4 Å². The number of benzene rings is 1. The highest BCUT2D eigenvalue weighted by atomic mass is 79.9. The summed E-state index contributed by atoms with van der Waals surface area (Å²) in [7, 11) is -1.01. The fourth-order valence-corrected chi connectivity index (χ4v) is 3.27. The smallest absolute Gasteiger partial charge is 0.266 e. The van der Waals surface area contributed by atoms with Gasteiger partial charge in [-0.15, -0.1) is 0 Å². The van der Waals surface area contributed by atoms with E-state index in [4.69, 9.17) is 9.47 Å². The Balaban J connectivity index is 2.46. The SMILES string of the molecule is COc1ccc(OC)c(S(=O)(=O)Nc2n[nH]c(C)c2Br)c1. The van der Waals surface area contributed by atoms with Crippen molar-refractivity contribution in [3.05, 3.63) is 28.4 Å². The van der Waals surface area contributed by atoms with Gasteiger partial charge >= 0.3 is 0 Å². The number of hydrogen-bond donors (Lipinski definition) is 2. The van der Waals surface area contributed by atoms with Crippen molar-refractivity contribution in [1.82, 2.24) is 10.2 Å². The quantitative estimate of drug-likeness (QED) is 0.835. The fourth-order valence-electron chi connectivity index (χ4n) is 1.66. The predicted octanol–water partition coefficient (Wildman–Crippen LogP) is 2.30. The zero-order valence-corrected chi connectivity index (χ0v) is 14.0. The summed E-state index contributed by atoms with van der Waals surface area (Å²) in [6.45, 7) is 1.76. The van der Waals surface area contributed by atoms with Gasteiger partial charge in [0.05, 0.1) is 18.7 Å². The molecule has 0 radical (unpaired) electrons. The van der Waals surface area contributed by atoms with Gasteiger partial charge in [0.2, 0.25) is 0 Å². The average Bonchev–Trinajstić information content (AvgIpc) is 2.78. The van der Waals surface area contributed by atoms with E-state index < -0.39 is 10.0 Å². The van der Waals surface area contributed by atoms with Crippen LogP contribution < -0.4 is 14.2 Å². The largest absolute Gasteiger partial charge is 0.497 e. The maximum Gasteiger partial charge on any atom is 0.266 e. The van der Waals surface area contributed by atoms with Crippen LogP contribution in [0.25, 0.3) is 0 Å². The number of aryl methyl sites for hydroxylation is 1. The first kappa shape index (κ1) is 15.6. The van der Waals surface area contributed by atoms with Crippen LogP contribution in [0.3, 0.4) is 0 Å². The first-order valence-corrected chi connectivity index (χ1v) is 8.12. The van der Waals surface area contributed by atoms with Crippen molar-refractivity contribution in [2.75, 3.05) is 18.9 Å². The number of methoxy groups -OCH3 is 2. The van der Waals surface area contributed by atoms with E-state index >= 15 is 0 Å². The van der Waals surface area contributed by atoms with Crippen LogP contribution in [0.4, 0.5) is 5.82 Å². The van der Waals surface area contributed by atoms with Gasteiger partial charge in [0.25, 0.3) is 10.0 Å². The molecule has 7 nitrogen and oxygen atoms in total. The maximum atomic E-state index is 12.5. The molecule has 0 unspecified atom stereocenters. The molecule has 0 spiro atoms. The Hall–Kier alpha value is -1.74. The molecule has 0 bridgehead atoms.